The van der Waals surface area contributed by atoms with E-state index in [2.05, 4.69) is 29.4 Å². The number of carbonyl (C=O) groups excluding carboxylic acids is 1. The Morgan fingerprint density at radius 1 is 1.19 bits per heavy atom. The second kappa shape index (κ2) is 9.82. The predicted molar refractivity (Wildman–Crippen MR) is 120 cm³/mol. The quantitative estimate of drug-likeness (QED) is 0.399. The monoisotopic (exact) mass is 443 g/mol. The lowest BCUT2D eigenvalue weighted by Gasteiger charge is -2.12. The molecule has 0 aliphatic rings. The van der Waals surface area contributed by atoms with Gasteiger partial charge in [0, 0.05) is 5.69 Å². The topological polar surface area (TPSA) is 95.1 Å². The summed E-state index contributed by atoms with van der Waals surface area (Å²) in [6.45, 7) is 7.79. The Balaban J connectivity index is 1.57. The van der Waals surface area contributed by atoms with Gasteiger partial charge in [0.1, 0.15) is 18.2 Å². The minimum atomic E-state index is -0.520. The normalized spacial score (nSPS) is 12.1. The van der Waals surface area contributed by atoms with E-state index in [-0.39, 0.29) is 18.3 Å². The average Bonchev–Trinajstić information content (AvgIpc) is 3.08. The second-order valence-corrected chi connectivity index (χ2v) is 8.80. The van der Waals surface area contributed by atoms with Gasteiger partial charge in [0.05, 0.1) is 5.25 Å². The first-order valence-electron chi connectivity index (χ1n) is 9.90. The molecule has 0 spiro atoms. The highest BCUT2D eigenvalue weighted by atomic mass is 32.2. The molecule has 0 bridgehead atoms. The Labute approximate surface area is 185 Å². The molecular formula is C22H26FN5O2S. The SMILES string of the molecule is Cc1ccc(NC(=O)C(C)Sc2nnc(COc3ccc(C(C)C)cc3)n2N)cc1F. The number of hydrogen-bond acceptors (Lipinski definition) is 6. The number of halogens is 1. The van der Waals surface area contributed by atoms with E-state index in [9.17, 15) is 9.18 Å². The lowest BCUT2D eigenvalue weighted by Crippen LogP contribution is -2.24. The molecule has 3 rings (SSSR count). The van der Waals surface area contributed by atoms with Crippen LogP contribution < -0.4 is 15.9 Å². The van der Waals surface area contributed by atoms with Crippen LogP contribution in [-0.2, 0) is 11.4 Å². The van der Waals surface area contributed by atoms with Gasteiger partial charge in [0.15, 0.2) is 5.82 Å². The van der Waals surface area contributed by atoms with Gasteiger partial charge in [-0.25, -0.2) is 9.07 Å². The fourth-order valence-electron chi connectivity index (χ4n) is 2.71. The Hall–Kier alpha value is -3.07. The van der Waals surface area contributed by atoms with Crippen molar-refractivity contribution in [2.45, 2.75) is 50.6 Å². The Kier molecular flexibility index (Phi) is 7.17. The zero-order valence-electron chi connectivity index (χ0n) is 17.9. The van der Waals surface area contributed by atoms with Crippen LogP contribution in [0.1, 0.15) is 43.6 Å². The van der Waals surface area contributed by atoms with Gasteiger partial charge in [-0.3, -0.25) is 4.79 Å². The van der Waals surface area contributed by atoms with Gasteiger partial charge in [-0.15, -0.1) is 10.2 Å². The van der Waals surface area contributed by atoms with E-state index in [0.29, 0.717) is 33.9 Å². The molecule has 1 heterocycles. The van der Waals surface area contributed by atoms with E-state index in [1.54, 1.807) is 26.0 Å². The summed E-state index contributed by atoms with van der Waals surface area (Å²) in [4.78, 5) is 12.4. The van der Waals surface area contributed by atoms with Crippen LogP contribution >= 0.6 is 11.8 Å². The first-order valence-corrected chi connectivity index (χ1v) is 10.8. The molecule has 1 unspecified atom stereocenters. The van der Waals surface area contributed by atoms with Crippen LogP contribution in [0, 0.1) is 12.7 Å². The first kappa shape index (κ1) is 22.6. The summed E-state index contributed by atoms with van der Waals surface area (Å²) in [6, 6.07) is 12.4. The highest BCUT2D eigenvalue weighted by Gasteiger charge is 2.20. The largest absolute Gasteiger partial charge is 0.486 e. The molecule has 2 aromatic carbocycles. The third kappa shape index (κ3) is 5.75. The number of rotatable bonds is 8. The fourth-order valence-corrected chi connectivity index (χ4v) is 3.50. The van der Waals surface area contributed by atoms with Gasteiger partial charge >= 0.3 is 0 Å². The van der Waals surface area contributed by atoms with Crippen LogP contribution in [0.2, 0.25) is 0 Å². The number of amides is 1. The molecule has 31 heavy (non-hydrogen) atoms. The lowest BCUT2D eigenvalue weighted by molar-refractivity contribution is -0.115. The third-order valence-electron chi connectivity index (χ3n) is 4.74. The summed E-state index contributed by atoms with van der Waals surface area (Å²) in [7, 11) is 0. The average molecular weight is 444 g/mol. The molecule has 0 fully saturated rings. The van der Waals surface area contributed by atoms with Crippen LogP contribution in [-0.4, -0.2) is 26.0 Å². The van der Waals surface area contributed by atoms with Crippen molar-refractivity contribution in [3.05, 3.63) is 65.2 Å². The zero-order valence-corrected chi connectivity index (χ0v) is 18.7. The smallest absolute Gasteiger partial charge is 0.237 e. The molecule has 3 aromatic rings. The van der Waals surface area contributed by atoms with Crippen molar-refractivity contribution in [2.75, 3.05) is 11.2 Å². The van der Waals surface area contributed by atoms with Crippen molar-refractivity contribution in [1.29, 1.82) is 0 Å². The van der Waals surface area contributed by atoms with Crippen molar-refractivity contribution in [1.82, 2.24) is 14.9 Å². The summed E-state index contributed by atoms with van der Waals surface area (Å²) < 4.78 is 20.7. The number of nitrogens with two attached hydrogens (primary N) is 1. The van der Waals surface area contributed by atoms with E-state index in [1.165, 1.54) is 16.3 Å². The van der Waals surface area contributed by atoms with Gasteiger partial charge in [0.2, 0.25) is 11.1 Å². The second-order valence-electron chi connectivity index (χ2n) is 7.49. The Morgan fingerprint density at radius 3 is 2.55 bits per heavy atom. The van der Waals surface area contributed by atoms with Crippen LogP contribution in [0.15, 0.2) is 47.6 Å². The van der Waals surface area contributed by atoms with E-state index >= 15 is 0 Å². The fraction of sp³-hybridized carbons (Fsp3) is 0.318. The maximum atomic E-state index is 13.7. The van der Waals surface area contributed by atoms with Crippen LogP contribution in [0.25, 0.3) is 0 Å². The number of hydrogen-bond donors (Lipinski definition) is 2. The number of nitrogen functional groups attached to an aromatic ring is 1. The van der Waals surface area contributed by atoms with Gasteiger partial charge in [-0.1, -0.05) is 43.8 Å². The zero-order chi connectivity index (χ0) is 22.5. The highest BCUT2D eigenvalue weighted by Crippen LogP contribution is 2.24. The first-order chi connectivity index (χ1) is 14.7. The maximum absolute atomic E-state index is 13.7. The number of anilines is 1. The molecule has 1 atom stereocenters. The number of nitrogens with zero attached hydrogens (tertiary/aromatic N) is 3. The molecular weight excluding hydrogens is 417 g/mol. The van der Waals surface area contributed by atoms with Crippen molar-refractivity contribution in [3.8, 4) is 5.75 Å². The molecule has 0 radical (unpaired) electrons. The van der Waals surface area contributed by atoms with Gasteiger partial charge < -0.3 is 15.9 Å². The van der Waals surface area contributed by atoms with Crippen molar-refractivity contribution in [3.63, 3.8) is 0 Å². The summed E-state index contributed by atoms with van der Waals surface area (Å²) in [6.07, 6.45) is 0. The minimum absolute atomic E-state index is 0.147. The standard InChI is InChI=1S/C22H26FN5O2S/c1-13(2)16-6-9-18(10-7-16)30-12-20-26-27-22(28(20)24)31-15(4)21(29)25-17-8-5-14(3)19(23)11-17/h5-11,13,15H,12,24H2,1-4H3,(H,25,29). The van der Waals surface area contributed by atoms with Gasteiger partial charge in [0.25, 0.3) is 0 Å². The molecule has 9 heteroatoms. The van der Waals surface area contributed by atoms with E-state index in [4.69, 9.17) is 10.6 Å². The lowest BCUT2D eigenvalue weighted by atomic mass is 10.0. The number of nitrogens with one attached hydrogen (secondary N) is 1. The number of carbonyl (C=O) groups is 1. The van der Waals surface area contributed by atoms with Crippen molar-refractivity contribution < 1.29 is 13.9 Å². The number of thioether (sulfide) groups is 1. The molecule has 1 amide bonds. The minimum Gasteiger partial charge on any atom is -0.486 e. The number of ether oxygens (including phenoxy) is 1. The summed E-state index contributed by atoms with van der Waals surface area (Å²) in [5.74, 6) is 7.01. The molecule has 3 N–H and O–H groups in total. The number of aromatic nitrogens is 3. The maximum Gasteiger partial charge on any atom is 0.237 e. The molecule has 7 nitrogen and oxygen atoms in total. The third-order valence-corrected chi connectivity index (χ3v) is 5.80. The van der Waals surface area contributed by atoms with Crippen LogP contribution in [0.3, 0.4) is 0 Å². The molecule has 164 valence electrons. The van der Waals surface area contributed by atoms with Gasteiger partial charge in [-0.05, 0) is 55.2 Å². The highest BCUT2D eigenvalue weighted by molar-refractivity contribution is 8.00. The predicted octanol–water partition coefficient (Wildman–Crippen LogP) is 4.26. The Bertz CT molecular complexity index is 1050. The Morgan fingerprint density at radius 2 is 1.90 bits per heavy atom. The van der Waals surface area contributed by atoms with Crippen LogP contribution in [0.4, 0.5) is 10.1 Å². The van der Waals surface area contributed by atoms with Gasteiger partial charge in [-0.2, -0.15) is 0 Å². The summed E-state index contributed by atoms with van der Waals surface area (Å²) in [5, 5.41) is 10.7. The van der Waals surface area contributed by atoms with Crippen molar-refractivity contribution in [2.24, 2.45) is 0 Å². The molecule has 0 aliphatic heterocycles. The number of aryl methyl sites for hydroxylation is 1. The molecule has 0 saturated carbocycles. The molecule has 1 aromatic heterocycles. The van der Waals surface area contributed by atoms with E-state index in [1.807, 2.05) is 24.3 Å². The van der Waals surface area contributed by atoms with Crippen LogP contribution in [0.5, 0.6) is 5.75 Å². The molecule has 0 aliphatic carbocycles. The van der Waals surface area contributed by atoms with E-state index in [0.717, 1.165) is 11.8 Å². The van der Waals surface area contributed by atoms with E-state index < -0.39 is 5.25 Å². The summed E-state index contributed by atoms with van der Waals surface area (Å²) in [5.41, 5.74) is 2.14. The number of benzene rings is 2. The molecule has 0 saturated heterocycles. The van der Waals surface area contributed by atoms with Crippen molar-refractivity contribution >= 4 is 23.4 Å². The summed E-state index contributed by atoms with van der Waals surface area (Å²) >= 11 is 1.16.